The molecule has 1 atom stereocenters. The number of carbonyl (C=O) groups excluding carboxylic acids is 4. The molecule has 0 aromatic heterocycles. The van der Waals surface area contributed by atoms with Gasteiger partial charge in [-0.2, -0.15) is 0 Å². The first-order valence-electron chi connectivity index (χ1n) is 7.26. The van der Waals surface area contributed by atoms with Crippen molar-refractivity contribution in [2.75, 3.05) is 20.1 Å². The number of hydrogen-bond donors (Lipinski definition) is 3. The molecule has 1 aromatic rings. The van der Waals surface area contributed by atoms with Crippen molar-refractivity contribution in [3.8, 4) is 0 Å². The van der Waals surface area contributed by atoms with Crippen LogP contribution >= 0.6 is 23.2 Å². The zero-order chi connectivity index (χ0) is 18.8. The number of hydrogen-bond acceptors (Lipinski definition) is 4. The highest BCUT2D eigenvalue weighted by Gasteiger charge is 2.50. The Kier molecular flexibility index (Phi) is 5.54. The Morgan fingerprint density at radius 3 is 2.52 bits per heavy atom. The highest BCUT2D eigenvalue weighted by atomic mass is 35.5. The SMILES string of the molecule is CNC(=O)CNC(=O)CN1C(=O)N[C@](C)(c2ccc(Cl)cc2Cl)C1=O. The van der Waals surface area contributed by atoms with Crippen LogP contribution in [0.3, 0.4) is 0 Å². The van der Waals surface area contributed by atoms with Crippen LogP contribution in [0.5, 0.6) is 0 Å². The summed E-state index contributed by atoms with van der Waals surface area (Å²) >= 11 is 12.0. The number of nitrogens with one attached hydrogen (secondary N) is 3. The van der Waals surface area contributed by atoms with Gasteiger partial charge in [-0.05, 0) is 19.1 Å². The number of imide groups is 1. The first-order valence-corrected chi connectivity index (χ1v) is 8.01. The van der Waals surface area contributed by atoms with Crippen LogP contribution in [0.4, 0.5) is 4.79 Å². The molecule has 0 spiro atoms. The second-order valence-corrected chi connectivity index (χ2v) is 6.36. The molecule has 1 heterocycles. The summed E-state index contributed by atoms with van der Waals surface area (Å²) in [5.74, 6) is -1.67. The third-order valence-corrected chi connectivity index (χ3v) is 4.32. The van der Waals surface area contributed by atoms with E-state index in [-0.39, 0.29) is 11.6 Å². The summed E-state index contributed by atoms with van der Waals surface area (Å²) < 4.78 is 0. The molecule has 0 aliphatic carbocycles. The molecule has 0 unspecified atom stereocenters. The number of benzene rings is 1. The van der Waals surface area contributed by atoms with E-state index >= 15 is 0 Å². The lowest BCUT2D eigenvalue weighted by Gasteiger charge is -2.23. The van der Waals surface area contributed by atoms with Crippen molar-refractivity contribution in [1.29, 1.82) is 0 Å². The molecular weight excluding hydrogens is 371 g/mol. The summed E-state index contributed by atoms with van der Waals surface area (Å²) in [6, 6.07) is 3.82. The predicted octanol–water partition coefficient (Wildman–Crippen LogP) is 0.623. The highest BCUT2D eigenvalue weighted by molar-refractivity contribution is 6.35. The van der Waals surface area contributed by atoms with Gasteiger partial charge in [-0.15, -0.1) is 0 Å². The van der Waals surface area contributed by atoms with Gasteiger partial charge in [0.1, 0.15) is 12.1 Å². The molecule has 1 aliphatic rings. The monoisotopic (exact) mass is 386 g/mol. The molecule has 134 valence electrons. The van der Waals surface area contributed by atoms with Crippen molar-refractivity contribution >= 4 is 47.0 Å². The highest BCUT2D eigenvalue weighted by Crippen LogP contribution is 2.34. The average Bonchev–Trinajstić information content (AvgIpc) is 2.76. The number of halogens is 2. The predicted molar refractivity (Wildman–Crippen MR) is 91.1 cm³/mol. The Bertz CT molecular complexity index is 755. The van der Waals surface area contributed by atoms with Crippen molar-refractivity contribution in [3.63, 3.8) is 0 Å². The van der Waals surface area contributed by atoms with E-state index < -0.39 is 35.8 Å². The minimum Gasteiger partial charge on any atom is -0.358 e. The van der Waals surface area contributed by atoms with Gasteiger partial charge in [-0.3, -0.25) is 19.3 Å². The quantitative estimate of drug-likeness (QED) is 0.644. The maximum atomic E-state index is 12.7. The van der Waals surface area contributed by atoms with Crippen LogP contribution in [0, 0.1) is 0 Å². The van der Waals surface area contributed by atoms with Gasteiger partial charge in [0, 0.05) is 22.7 Å². The molecule has 0 saturated carbocycles. The van der Waals surface area contributed by atoms with E-state index in [1.165, 1.54) is 26.1 Å². The molecule has 2 rings (SSSR count). The summed E-state index contributed by atoms with van der Waals surface area (Å²) in [5, 5.41) is 7.80. The molecule has 5 amide bonds. The number of rotatable bonds is 5. The maximum Gasteiger partial charge on any atom is 0.325 e. The Balaban J connectivity index is 2.16. The molecule has 0 radical (unpaired) electrons. The second kappa shape index (κ2) is 7.28. The fourth-order valence-corrected chi connectivity index (χ4v) is 2.98. The molecular formula is C15H16Cl2N4O4. The second-order valence-electron chi connectivity index (χ2n) is 5.52. The van der Waals surface area contributed by atoms with Crippen molar-refractivity contribution in [3.05, 3.63) is 33.8 Å². The van der Waals surface area contributed by atoms with E-state index in [1.54, 1.807) is 6.07 Å². The van der Waals surface area contributed by atoms with Crippen molar-refractivity contribution in [1.82, 2.24) is 20.9 Å². The third-order valence-electron chi connectivity index (χ3n) is 3.77. The zero-order valence-electron chi connectivity index (χ0n) is 13.5. The van der Waals surface area contributed by atoms with Crippen molar-refractivity contribution in [2.24, 2.45) is 0 Å². The van der Waals surface area contributed by atoms with E-state index in [0.29, 0.717) is 10.6 Å². The maximum absolute atomic E-state index is 12.7. The van der Waals surface area contributed by atoms with Gasteiger partial charge < -0.3 is 16.0 Å². The van der Waals surface area contributed by atoms with Crippen LogP contribution in [0.1, 0.15) is 12.5 Å². The van der Waals surface area contributed by atoms with Gasteiger partial charge in [0.05, 0.1) is 6.54 Å². The fourth-order valence-electron chi connectivity index (χ4n) is 2.38. The van der Waals surface area contributed by atoms with Crippen LogP contribution in [0.15, 0.2) is 18.2 Å². The Labute approximate surface area is 153 Å². The van der Waals surface area contributed by atoms with E-state index in [1.807, 2.05) is 0 Å². The Morgan fingerprint density at radius 2 is 1.92 bits per heavy atom. The Hall–Kier alpha value is -2.32. The standard InChI is InChI=1S/C15H16Cl2N4O4/c1-15(9-4-3-8(16)5-10(9)17)13(24)21(14(25)20-15)7-12(23)19-6-11(22)18-2/h3-5H,6-7H2,1-2H3,(H,18,22)(H,19,23)(H,20,25)/t15-/m1/s1. The Morgan fingerprint density at radius 1 is 1.24 bits per heavy atom. The van der Waals surface area contributed by atoms with Gasteiger partial charge in [0.2, 0.25) is 11.8 Å². The zero-order valence-corrected chi connectivity index (χ0v) is 15.0. The average molecular weight is 387 g/mol. The van der Waals surface area contributed by atoms with Crippen LogP contribution in [0.25, 0.3) is 0 Å². The molecule has 1 aromatic carbocycles. The van der Waals surface area contributed by atoms with Crippen LogP contribution in [-0.2, 0) is 19.9 Å². The summed E-state index contributed by atoms with van der Waals surface area (Å²) in [5.41, 5.74) is -1.05. The number of nitrogens with zero attached hydrogens (tertiary/aromatic N) is 1. The normalized spacial score (nSPS) is 19.6. The molecule has 1 aliphatic heterocycles. The number of likely N-dealkylation sites (N-methyl/N-ethyl adjacent to an activating group) is 1. The lowest BCUT2D eigenvalue weighted by molar-refractivity contribution is -0.135. The largest absolute Gasteiger partial charge is 0.358 e. The van der Waals surface area contributed by atoms with Crippen molar-refractivity contribution in [2.45, 2.75) is 12.5 Å². The lowest BCUT2D eigenvalue weighted by Crippen LogP contribution is -2.45. The van der Waals surface area contributed by atoms with Gasteiger partial charge in [-0.1, -0.05) is 29.3 Å². The fraction of sp³-hybridized carbons (Fsp3) is 0.333. The van der Waals surface area contributed by atoms with Gasteiger partial charge in [0.25, 0.3) is 5.91 Å². The number of urea groups is 1. The van der Waals surface area contributed by atoms with Gasteiger partial charge in [0.15, 0.2) is 0 Å². The third kappa shape index (κ3) is 3.85. The number of amides is 5. The van der Waals surface area contributed by atoms with Crippen LogP contribution in [0.2, 0.25) is 10.0 Å². The van der Waals surface area contributed by atoms with E-state index in [2.05, 4.69) is 16.0 Å². The van der Waals surface area contributed by atoms with E-state index in [4.69, 9.17) is 23.2 Å². The number of carbonyl (C=O) groups is 4. The molecule has 8 nitrogen and oxygen atoms in total. The van der Waals surface area contributed by atoms with Crippen LogP contribution in [-0.4, -0.2) is 48.8 Å². The molecule has 25 heavy (non-hydrogen) atoms. The van der Waals surface area contributed by atoms with E-state index in [9.17, 15) is 19.2 Å². The topological polar surface area (TPSA) is 108 Å². The molecule has 1 fully saturated rings. The minimum atomic E-state index is -1.42. The molecule has 10 heteroatoms. The first kappa shape index (κ1) is 19.0. The summed E-state index contributed by atoms with van der Waals surface area (Å²) in [7, 11) is 1.42. The van der Waals surface area contributed by atoms with Crippen molar-refractivity contribution < 1.29 is 19.2 Å². The summed E-state index contributed by atoms with van der Waals surface area (Å²) in [6.45, 7) is 0.729. The molecule has 3 N–H and O–H groups in total. The summed E-state index contributed by atoms with van der Waals surface area (Å²) in [4.78, 5) is 48.6. The summed E-state index contributed by atoms with van der Waals surface area (Å²) in [6.07, 6.45) is 0. The first-order chi connectivity index (χ1) is 11.7. The van der Waals surface area contributed by atoms with Gasteiger partial charge in [-0.25, -0.2) is 4.79 Å². The van der Waals surface area contributed by atoms with Crippen LogP contribution < -0.4 is 16.0 Å². The van der Waals surface area contributed by atoms with Gasteiger partial charge >= 0.3 is 6.03 Å². The minimum absolute atomic E-state index is 0.217. The smallest absolute Gasteiger partial charge is 0.325 e. The van der Waals surface area contributed by atoms with E-state index in [0.717, 1.165) is 4.90 Å². The lowest BCUT2D eigenvalue weighted by atomic mass is 9.92. The molecule has 0 bridgehead atoms. The molecule has 1 saturated heterocycles.